The monoisotopic (exact) mass is 251 g/mol. The van der Waals surface area contributed by atoms with Crippen molar-refractivity contribution < 1.29 is 19.1 Å². The number of methoxy groups -OCH3 is 1. The molecule has 1 aromatic carbocycles. The van der Waals surface area contributed by atoms with Crippen LogP contribution in [0.15, 0.2) is 24.3 Å². The molecule has 0 spiro atoms. The number of rotatable bonds is 5. The van der Waals surface area contributed by atoms with Crippen LogP contribution in [0.2, 0.25) is 0 Å². The molecular weight excluding hydrogens is 234 g/mol. The van der Waals surface area contributed by atoms with Crippen molar-refractivity contribution in [2.75, 3.05) is 19.5 Å². The molecule has 0 bridgehead atoms. The number of benzene rings is 1. The lowest BCUT2D eigenvalue weighted by atomic mass is 10.1. The molecule has 0 aliphatic rings. The van der Waals surface area contributed by atoms with E-state index in [2.05, 4.69) is 4.74 Å². The van der Waals surface area contributed by atoms with Gasteiger partial charge in [0.25, 0.3) is 0 Å². The van der Waals surface area contributed by atoms with Crippen molar-refractivity contribution in [3.63, 3.8) is 0 Å². The Hall–Kier alpha value is -2.04. The maximum atomic E-state index is 11.7. The van der Waals surface area contributed by atoms with Gasteiger partial charge in [-0.2, -0.15) is 0 Å². The lowest BCUT2D eigenvalue weighted by molar-refractivity contribution is -0.145. The lowest BCUT2D eigenvalue weighted by Gasteiger charge is -2.10. The van der Waals surface area contributed by atoms with Gasteiger partial charge in [-0.3, -0.25) is 4.79 Å². The molecule has 18 heavy (non-hydrogen) atoms. The molecule has 5 nitrogen and oxygen atoms in total. The van der Waals surface area contributed by atoms with Crippen molar-refractivity contribution >= 4 is 17.6 Å². The summed E-state index contributed by atoms with van der Waals surface area (Å²) in [6.07, 6.45) is 0.422. The van der Waals surface area contributed by atoms with Gasteiger partial charge in [-0.15, -0.1) is 0 Å². The largest absolute Gasteiger partial charge is 0.469 e. The first-order valence-corrected chi connectivity index (χ1v) is 5.65. The van der Waals surface area contributed by atoms with E-state index in [1.807, 2.05) is 0 Å². The highest BCUT2D eigenvalue weighted by molar-refractivity contribution is 5.94. The molecule has 0 aliphatic carbocycles. The number of para-hydroxylation sites is 1. The quantitative estimate of drug-likeness (QED) is 0.635. The first-order valence-electron chi connectivity index (χ1n) is 5.65. The zero-order valence-electron chi connectivity index (χ0n) is 10.5. The van der Waals surface area contributed by atoms with Gasteiger partial charge in [0.2, 0.25) is 0 Å². The van der Waals surface area contributed by atoms with Crippen molar-refractivity contribution in [1.29, 1.82) is 0 Å². The van der Waals surface area contributed by atoms with Crippen LogP contribution in [0.1, 0.15) is 23.7 Å². The number of esters is 2. The van der Waals surface area contributed by atoms with E-state index < -0.39 is 5.97 Å². The second kappa shape index (κ2) is 6.64. The summed E-state index contributed by atoms with van der Waals surface area (Å²) in [6, 6.07) is 6.69. The average molecular weight is 251 g/mol. The second-order valence-corrected chi connectivity index (χ2v) is 3.94. The van der Waals surface area contributed by atoms with Crippen LogP contribution in [0.5, 0.6) is 0 Å². The first-order chi connectivity index (χ1) is 8.56. The van der Waals surface area contributed by atoms with Gasteiger partial charge in [-0.25, -0.2) is 4.79 Å². The van der Waals surface area contributed by atoms with Crippen molar-refractivity contribution in [3.05, 3.63) is 29.8 Å². The van der Waals surface area contributed by atoms with Crippen LogP contribution in [-0.2, 0) is 14.3 Å². The highest BCUT2D eigenvalue weighted by atomic mass is 16.5. The van der Waals surface area contributed by atoms with Crippen LogP contribution in [0.3, 0.4) is 0 Å². The molecule has 0 saturated heterocycles. The summed E-state index contributed by atoms with van der Waals surface area (Å²) in [5.41, 5.74) is 6.36. The number of nitrogens with two attached hydrogens (primary N) is 1. The molecule has 0 amide bonds. The molecule has 2 N–H and O–H groups in total. The molecule has 0 aromatic heterocycles. The fraction of sp³-hybridized carbons (Fsp3) is 0.385. The minimum Gasteiger partial charge on any atom is -0.469 e. The van der Waals surface area contributed by atoms with Crippen LogP contribution in [-0.4, -0.2) is 25.7 Å². The van der Waals surface area contributed by atoms with Gasteiger partial charge in [0.15, 0.2) is 0 Å². The summed E-state index contributed by atoms with van der Waals surface area (Å²) in [5.74, 6) is -1.09. The van der Waals surface area contributed by atoms with Gasteiger partial charge >= 0.3 is 11.9 Å². The zero-order valence-corrected chi connectivity index (χ0v) is 10.5. The van der Waals surface area contributed by atoms with E-state index in [1.54, 1.807) is 31.2 Å². The Kier molecular flexibility index (Phi) is 5.17. The minimum absolute atomic E-state index is 0.156. The Morgan fingerprint density at radius 3 is 2.61 bits per heavy atom. The fourth-order valence-electron chi connectivity index (χ4n) is 1.41. The van der Waals surface area contributed by atoms with Crippen molar-refractivity contribution in [2.45, 2.75) is 13.3 Å². The fourth-order valence-corrected chi connectivity index (χ4v) is 1.41. The average Bonchev–Trinajstić information content (AvgIpc) is 2.37. The molecule has 0 aliphatic heterocycles. The zero-order chi connectivity index (χ0) is 13.5. The number of hydrogen-bond donors (Lipinski definition) is 1. The minimum atomic E-state index is -0.481. The summed E-state index contributed by atoms with van der Waals surface area (Å²) in [6.45, 7) is 1.87. The normalized spacial score (nSPS) is 11.7. The third-order valence-corrected chi connectivity index (χ3v) is 2.57. The Morgan fingerprint density at radius 2 is 2.00 bits per heavy atom. The summed E-state index contributed by atoms with van der Waals surface area (Å²) < 4.78 is 9.62. The third-order valence-electron chi connectivity index (χ3n) is 2.57. The molecule has 0 heterocycles. The summed E-state index contributed by atoms with van der Waals surface area (Å²) in [7, 11) is 1.33. The molecule has 1 unspecified atom stereocenters. The van der Waals surface area contributed by atoms with Crippen LogP contribution >= 0.6 is 0 Å². The van der Waals surface area contributed by atoms with E-state index >= 15 is 0 Å². The molecule has 0 fully saturated rings. The predicted octanol–water partition coefficient (Wildman–Crippen LogP) is 1.62. The van der Waals surface area contributed by atoms with Crippen molar-refractivity contribution in [2.24, 2.45) is 5.92 Å². The highest BCUT2D eigenvalue weighted by Crippen LogP contribution is 2.12. The molecule has 1 rings (SSSR count). The number of anilines is 1. The maximum absolute atomic E-state index is 11.7. The van der Waals surface area contributed by atoms with E-state index in [1.165, 1.54) is 7.11 Å². The van der Waals surface area contributed by atoms with Gasteiger partial charge in [0.1, 0.15) is 0 Å². The summed E-state index contributed by atoms with van der Waals surface area (Å²) in [4.78, 5) is 22.8. The smallest absolute Gasteiger partial charge is 0.340 e. The lowest BCUT2D eigenvalue weighted by Crippen LogP contribution is -2.16. The first kappa shape index (κ1) is 14.0. The van der Waals surface area contributed by atoms with Crippen LogP contribution in [0.25, 0.3) is 0 Å². The number of carbonyl (C=O) groups excluding carboxylic acids is 2. The van der Waals surface area contributed by atoms with E-state index in [4.69, 9.17) is 10.5 Å². The van der Waals surface area contributed by atoms with Gasteiger partial charge in [-0.1, -0.05) is 19.1 Å². The van der Waals surface area contributed by atoms with Crippen LogP contribution in [0, 0.1) is 5.92 Å². The predicted molar refractivity (Wildman–Crippen MR) is 66.9 cm³/mol. The molecule has 5 heteroatoms. The topological polar surface area (TPSA) is 78.6 Å². The molecular formula is C13H17NO4. The van der Waals surface area contributed by atoms with E-state index in [0.29, 0.717) is 17.7 Å². The molecule has 1 atom stereocenters. The Bertz CT molecular complexity index is 431. The van der Waals surface area contributed by atoms with Crippen molar-refractivity contribution in [1.82, 2.24) is 0 Å². The molecule has 0 radical (unpaired) electrons. The molecule has 1 aromatic rings. The summed E-state index contributed by atoms with van der Waals surface area (Å²) in [5, 5.41) is 0. The number of carbonyl (C=O) groups is 2. The van der Waals surface area contributed by atoms with Gasteiger partial charge in [-0.05, 0) is 18.6 Å². The SMILES string of the molecule is COC(=O)C(C)CCOC(=O)c1ccccc1N. The Labute approximate surface area is 106 Å². The third kappa shape index (κ3) is 3.76. The second-order valence-electron chi connectivity index (χ2n) is 3.94. The van der Waals surface area contributed by atoms with E-state index in [-0.39, 0.29) is 18.5 Å². The molecule has 98 valence electrons. The maximum Gasteiger partial charge on any atom is 0.340 e. The van der Waals surface area contributed by atoms with Gasteiger partial charge in [0.05, 0.1) is 25.2 Å². The van der Waals surface area contributed by atoms with E-state index in [9.17, 15) is 9.59 Å². The van der Waals surface area contributed by atoms with Crippen LogP contribution in [0.4, 0.5) is 5.69 Å². The highest BCUT2D eigenvalue weighted by Gasteiger charge is 2.15. The standard InChI is InChI=1S/C13H17NO4/c1-9(12(15)17-2)7-8-18-13(16)10-5-3-4-6-11(10)14/h3-6,9H,7-8,14H2,1-2H3. The van der Waals surface area contributed by atoms with Crippen LogP contribution < -0.4 is 5.73 Å². The van der Waals surface area contributed by atoms with Gasteiger partial charge in [0, 0.05) is 5.69 Å². The number of hydrogen-bond acceptors (Lipinski definition) is 5. The van der Waals surface area contributed by atoms with Crippen molar-refractivity contribution in [3.8, 4) is 0 Å². The summed E-state index contributed by atoms with van der Waals surface area (Å²) >= 11 is 0. The number of ether oxygens (including phenoxy) is 2. The Balaban J connectivity index is 2.43. The van der Waals surface area contributed by atoms with E-state index in [0.717, 1.165) is 0 Å². The molecule has 0 saturated carbocycles. The number of nitrogen functional groups attached to an aromatic ring is 1. The Morgan fingerprint density at radius 1 is 1.33 bits per heavy atom. The van der Waals surface area contributed by atoms with Gasteiger partial charge < -0.3 is 15.2 Å².